The quantitative estimate of drug-likeness (QED) is 0.471. The Morgan fingerprint density at radius 1 is 1.03 bits per heavy atom. The Balaban J connectivity index is 1.89. The van der Waals surface area contributed by atoms with E-state index in [0.29, 0.717) is 0 Å². The van der Waals surface area contributed by atoms with Crippen LogP contribution in [0.3, 0.4) is 0 Å². The van der Waals surface area contributed by atoms with Gasteiger partial charge in [-0.15, -0.1) is 11.8 Å². The zero-order valence-electron chi connectivity index (χ0n) is 16.7. The third-order valence-electron chi connectivity index (χ3n) is 4.19. The molecule has 2 aromatic carbocycles. The van der Waals surface area contributed by atoms with Crippen molar-refractivity contribution in [2.45, 2.75) is 31.7 Å². The smallest absolute Gasteiger partial charge is 0.243 e. The Morgan fingerprint density at radius 2 is 1.69 bits per heavy atom. The highest BCUT2D eigenvalue weighted by atomic mass is 32.2. The van der Waals surface area contributed by atoms with Gasteiger partial charge in [0.2, 0.25) is 17.7 Å². The van der Waals surface area contributed by atoms with Crippen LogP contribution < -0.4 is 21.7 Å². The fraction of sp³-hybridized carbons (Fsp3) is 0.286. The molecule has 0 saturated heterocycles. The Labute approximate surface area is 174 Å². The number of nitrogens with one attached hydrogen (secondary N) is 3. The molecule has 0 bridgehead atoms. The molecule has 0 aliphatic carbocycles. The van der Waals surface area contributed by atoms with E-state index in [1.54, 1.807) is 6.92 Å². The first kappa shape index (κ1) is 22.3. The third kappa shape index (κ3) is 6.83. The summed E-state index contributed by atoms with van der Waals surface area (Å²) in [5.41, 5.74) is 8.61. The standard InChI is InChI=1S/C21H26N4O3S/c1-13-7-6-8-14(2)20(13)25-19(27)11-23-21(28)15(3)24-16-9-4-5-10-17(16)29-12-18(22)26/h4-10,15,24H,11-12H2,1-3H3,(H2,22,26)(H,23,28)(H,25,27)/t15-/m0/s1. The number of carbonyl (C=O) groups excluding carboxylic acids is 3. The lowest BCUT2D eigenvalue weighted by Crippen LogP contribution is -2.41. The Morgan fingerprint density at radius 3 is 2.34 bits per heavy atom. The number of carbonyl (C=O) groups is 3. The van der Waals surface area contributed by atoms with E-state index in [9.17, 15) is 14.4 Å². The van der Waals surface area contributed by atoms with Crippen molar-refractivity contribution in [3.8, 4) is 0 Å². The van der Waals surface area contributed by atoms with Gasteiger partial charge in [0.05, 0.1) is 12.3 Å². The summed E-state index contributed by atoms with van der Waals surface area (Å²) in [5, 5.41) is 8.58. The molecule has 0 aromatic heterocycles. The molecular weight excluding hydrogens is 388 g/mol. The van der Waals surface area contributed by atoms with Gasteiger partial charge in [0.25, 0.3) is 0 Å². The summed E-state index contributed by atoms with van der Waals surface area (Å²) in [6.07, 6.45) is 0. The fourth-order valence-corrected chi connectivity index (χ4v) is 3.43. The molecule has 5 N–H and O–H groups in total. The SMILES string of the molecule is Cc1cccc(C)c1NC(=O)CNC(=O)[C@H](C)Nc1ccccc1SCC(N)=O. The fourth-order valence-electron chi connectivity index (χ4n) is 2.68. The second-order valence-corrected chi connectivity index (χ2v) is 7.67. The minimum absolute atomic E-state index is 0.128. The number of nitrogens with two attached hydrogens (primary N) is 1. The number of hydrogen-bond donors (Lipinski definition) is 4. The van der Waals surface area contributed by atoms with Gasteiger partial charge in [0.1, 0.15) is 6.04 Å². The Bertz CT molecular complexity index is 881. The van der Waals surface area contributed by atoms with Crippen LogP contribution in [0.2, 0.25) is 0 Å². The summed E-state index contributed by atoms with van der Waals surface area (Å²) in [6.45, 7) is 5.41. The molecule has 0 spiro atoms. The topological polar surface area (TPSA) is 113 Å². The predicted molar refractivity (Wildman–Crippen MR) is 117 cm³/mol. The minimum Gasteiger partial charge on any atom is -0.373 e. The zero-order valence-corrected chi connectivity index (χ0v) is 17.6. The number of amides is 3. The Hall–Kier alpha value is -3.00. The number of primary amides is 1. The summed E-state index contributed by atoms with van der Waals surface area (Å²) in [7, 11) is 0. The summed E-state index contributed by atoms with van der Waals surface area (Å²) in [5.74, 6) is -0.861. The zero-order chi connectivity index (χ0) is 21.4. The Kier molecular flexibility index (Phi) is 8.09. The van der Waals surface area contributed by atoms with Crippen LogP contribution in [-0.4, -0.2) is 36.1 Å². The molecule has 0 radical (unpaired) electrons. The normalized spacial score (nSPS) is 11.4. The largest absolute Gasteiger partial charge is 0.373 e. The lowest BCUT2D eigenvalue weighted by atomic mass is 10.1. The molecule has 2 aromatic rings. The van der Waals surface area contributed by atoms with Crippen molar-refractivity contribution in [2.24, 2.45) is 5.73 Å². The van der Waals surface area contributed by atoms with Gasteiger partial charge in [-0.3, -0.25) is 14.4 Å². The molecule has 3 amide bonds. The predicted octanol–water partition coefficient (Wildman–Crippen LogP) is 2.44. The first-order valence-electron chi connectivity index (χ1n) is 9.18. The molecule has 0 aliphatic heterocycles. The van der Waals surface area contributed by atoms with E-state index >= 15 is 0 Å². The maximum absolute atomic E-state index is 12.4. The monoisotopic (exact) mass is 414 g/mol. The molecule has 2 rings (SSSR count). The van der Waals surface area contributed by atoms with Crippen LogP contribution in [0.5, 0.6) is 0 Å². The van der Waals surface area contributed by atoms with Crippen LogP contribution >= 0.6 is 11.8 Å². The van der Waals surface area contributed by atoms with E-state index in [0.717, 1.165) is 27.4 Å². The molecule has 0 fully saturated rings. The van der Waals surface area contributed by atoms with Gasteiger partial charge in [-0.1, -0.05) is 30.3 Å². The lowest BCUT2D eigenvalue weighted by molar-refractivity contribution is -0.124. The van der Waals surface area contributed by atoms with Crippen LogP contribution in [0, 0.1) is 13.8 Å². The molecule has 8 heteroatoms. The van der Waals surface area contributed by atoms with Crippen LogP contribution in [0.15, 0.2) is 47.4 Å². The van der Waals surface area contributed by atoms with E-state index in [4.69, 9.17) is 5.73 Å². The summed E-state index contributed by atoms with van der Waals surface area (Å²) in [6, 6.07) is 12.5. The van der Waals surface area contributed by atoms with Crippen molar-refractivity contribution in [3.05, 3.63) is 53.6 Å². The van der Waals surface area contributed by atoms with E-state index in [2.05, 4.69) is 16.0 Å². The second-order valence-electron chi connectivity index (χ2n) is 6.65. The van der Waals surface area contributed by atoms with Crippen molar-refractivity contribution in [1.29, 1.82) is 0 Å². The maximum atomic E-state index is 12.4. The van der Waals surface area contributed by atoms with Crippen molar-refractivity contribution in [2.75, 3.05) is 22.9 Å². The highest BCUT2D eigenvalue weighted by molar-refractivity contribution is 8.00. The average Bonchev–Trinajstić information content (AvgIpc) is 2.68. The van der Waals surface area contributed by atoms with E-state index < -0.39 is 11.9 Å². The molecule has 7 nitrogen and oxygen atoms in total. The molecule has 0 unspecified atom stereocenters. The number of benzene rings is 2. The van der Waals surface area contributed by atoms with Crippen molar-refractivity contribution in [3.63, 3.8) is 0 Å². The lowest BCUT2D eigenvalue weighted by Gasteiger charge is -2.18. The van der Waals surface area contributed by atoms with Gasteiger partial charge >= 0.3 is 0 Å². The van der Waals surface area contributed by atoms with E-state index in [1.165, 1.54) is 11.8 Å². The second kappa shape index (κ2) is 10.5. The average molecular weight is 415 g/mol. The number of aryl methyl sites for hydroxylation is 2. The van der Waals surface area contributed by atoms with E-state index in [-0.39, 0.29) is 24.1 Å². The van der Waals surface area contributed by atoms with Gasteiger partial charge in [0.15, 0.2) is 0 Å². The van der Waals surface area contributed by atoms with Crippen molar-refractivity contribution >= 4 is 40.9 Å². The number of thioether (sulfide) groups is 1. The highest BCUT2D eigenvalue weighted by Gasteiger charge is 2.16. The third-order valence-corrected chi connectivity index (χ3v) is 5.29. The first-order chi connectivity index (χ1) is 13.8. The molecule has 154 valence electrons. The number of hydrogen-bond acceptors (Lipinski definition) is 5. The van der Waals surface area contributed by atoms with Crippen molar-refractivity contribution in [1.82, 2.24) is 5.32 Å². The maximum Gasteiger partial charge on any atom is 0.243 e. The summed E-state index contributed by atoms with van der Waals surface area (Å²) < 4.78 is 0. The van der Waals surface area contributed by atoms with Gasteiger partial charge in [-0.05, 0) is 44.0 Å². The molecule has 0 aliphatic rings. The molecule has 1 atom stereocenters. The summed E-state index contributed by atoms with van der Waals surface area (Å²) in [4.78, 5) is 36.4. The van der Waals surface area contributed by atoms with Crippen LogP contribution in [0.1, 0.15) is 18.1 Å². The van der Waals surface area contributed by atoms with Gasteiger partial charge < -0.3 is 21.7 Å². The minimum atomic E-state index is -0.571. The number of rotatable bonds is 9. The summed E-state index contributed by atoms with van der Waals surface area (Å²) >= 11 is 1.30. The van der Waals surface area contributed by atoms with Crippen molar-refractivity contribution < 1.29 is 14.4 Å². The number of anilines is 2. The van der Waals surface area contributed by atoms with Gasteiger partial charge in [0, 0.05) is 16.3 Å². The van der Waals surface area contributed by atoms with Gasteiger partial charge in [-0.2, -0.15) is 0 Å². The molecule has 29 heavy (non-hydrogen) atoms. The highest BCUT2D eigenvalue weighted by Crippen LogP contribution is 2.27. The first-order valence-corrected chi connectivity index (χ1v) is 10.2. The number of para-hydroxylation sites is 2. The van der Waals surface area contributed by atoms with Crippen LogP contribution in [0.25, 0.3) is 0 Å². The van der Waals surface area contributed by atoms with Gasteiger partial charge in [-0.25, -0.2) is 0 Å². The van der Waals surface area contributed by atoms with E-state index in [1.807, 2.05) is 56.3 Å². The van der Waals surface area contributed by atoms with Crippen LogP contribution in [0.4, 0.5) is 11.4 Å². The molecular formula is C21H26N4O3S. The molecule has 0 saturated carbocycles. The van der Waals surface area contributed by atoms with Crippen LogP contribution in [-0.2, 0) is 14.4 Å². The molecule has 0 heterocycles.